The van der Waals surface area contributed by atoms with Crippen molar-refractivity contribution in [2.24, 2.45) is 11.3 Å². The number of carbonyl (C=O) groups is 2. The number of benzene rings is 1. The van der Waals surface area contributed by atoms with Crippen molar-refractivity contribution < 1.29 is 14.0 Å². The topological polar surface area (TPSA) is 68.4 Å². The number of rotatable bonds is 6. The van der Waals surface area contributed by atoms with Crippen LogP contribution in [0.4, 0.5) is 4.39 Å². The second-order valence-corrected chi connectivity index (χ2v) is 9.10. The minimum atomic E-state index is -0.323. The van der Waals surface area contributed by atoms with E-state index in [4.69, 9.17) is 0 Å². The van der Waals surface area contributed by atoms with Gasteiger partial charge in [-0.3, -0.25) is 9.59 Å². The van der Waals surface area contributed by atoms with Crippen molar-refractivity contribution >= 4 is 22.7 Å². The average Bonchev–Trinajstić information content (AvgIpc) is 3.08. The summed E-state index contributed by atoms with van der Waals surface area (Å²) in [6, 6.07) is 6.11. The molecule has 0 bridgehead atoms. The van der Waals surface area contributed by atoms with Crippen molar-refractivity contribution in [3.05, 3.63) is 35.8 Å². The quantitative estimate of drug-likeness (QED) is 0.781. The number of hydrogen-bond donors (Lipinski definition) is 2. The molecule has 2 aromatic rings. The van der Waals surface area contributed by atoms with Crippen LogP contribution in [0, 0.1) is 17.2 Å². The van der Waals surface area contributed by atoms with Gasteiger partial charge in [-0.1, -0.05) is 13.8 Å². The molecule has 0 unspecified atom stereocenters. The van der Waals surface area contributed by atoms with E-state index in [0.717, 1.165) is 12.1 Å². The lowest BCUT2D eigenvalue weighted by atomic mass is 9.91. The van der Waals surface area contributed by atoms with Gasteiger partial charge < -0.3 is 20.1 Å². The van der Waals surface area contributed by atoms with Crippen molar-refractivity contribution in [2.45, 2.75) is 26.7 Å². The Bertz CT molecular complexity index is 882. The Hall–Kier alpha value is -2.41. The lowest BCUT2D eigenvalue weighted by molar-refractivity contribution is -0.126. The first-order chi connectivity index (χ1) is 13.6. The lowest BCUT2D eigenvalue weighted by Gasteiger charge is -2.33. The zero-order chi connectivity index (χ0) is 21.2. The number of hydrogen-bond acceptors (Lipinski definition) is 3. The molecular weight excluding hydrogens is 371 g/mol. The molecule has 2 amide bonds. The molecule has 0 saturated carbocycles. The van der Waals surface area contributed by atoms with E-state index in [1.807, 2.05) is 14.1 Å². The van der Waals surface area contributed by atoms with E-state index in [9.17, 15) is 14.0 Å². The van der Waals surface area contributed by atoms with E-state index in [1.165, 1.54) is 12.1 Å². The molecule has 2 N–H and O–H groups in total. The molecule has 1 aromatic heterocycles. The summed E-state index contributed by atoms with van der Waals surface area (Å²) in [4.78, 5) is 32.3. The van der Waals surface area contributed by atoms with Gasteiger partial charge in [0.15, 0.2) is 0 Å². The van der Waals surface area contributed by atoms with Crippen LogP contribution in [0.2, 0.25) is 0 Å². The fourth-order valence-electron chi connectivity index (χ4n) is 4.12. The second-order valence-electron chi connectivity index (χ2n) is 9.10. The third kappa shape index (κ3) is 5.35. The highest BCUT2D eigenvalue weighted by Gasteiger charge is 2.29. The fraction of sp³-hybridized carbons (Fsp3) is 0.545. The van der Waals surface area contributed by atoms with E-state index in [0.29, 0.717) is 43.6 Å². The molecule has 1 aliphatic heterocycles. The summed E-state index contributed by atoms with van der Waals surface area (Å²) in [5.74, 6) is -0.417. The summed E-state index contributed by atoms with van der Waals surface area (Å²) in [7, 11) is 4.06. The Labute approximate surface area is 171 Å². The summed E-state index contributed by atoms with van der Waals surface area (Å²) in [5.41, 5.74) is 1.20. The van der Waals surface area contributed by atoms with E-state index < -0.39 is 0 Å². The largest absolute Gasteiger partial charge is 0.355 e. The predicted octanol–water partition coefficient (Wildman–Crippen LogP) is 2.86. The molecule has 1 saturated heterocycles. The smallest absolute Gasteiger partial charge is 0.270 e. The van der Waals surface area contributed by atoms with Crippen LogP contribution >= 0.6 is 0 Å². The second kappa shape index (κ2) is 8.53. The van der Waals surface area contributed by atoms with Crippen LogP contribution in [0.15, 0.2) is 24.3 Å². The van der Waals surface area contributed by atoms with E-state index in [2.05, 4.69) is 29.0 Å². The van der Waals surface area contributed by atoms with Crippen molar-refractivity contribution in [1.29, 1.82) is 0 Å². The number of amides is 2. The Balaban J connectivity index is 1.52. The van der Waals surface area contributed by atoms with Gasteiger partial charge in [-0.25, -0.2) is 4.39 Å². The molecule has 0 spiro atoms. The highest BCUT2D eigenvalue weighted by molar-refractivity contribution is 5.98. The maximum absolute atomic E-state index is 13.4. The SMILES string of the molecule is CN(C)CC(C)(C)CNC(=O)C1CCN(C(=O)c2cc3cc(F)ccc3[nH]2)CC1. The number of piperidine rings is 1. The number of H-pyrrole nitrogens is 1. The van der Waals surface area contributed by atoms with Crippen molar-refractivity contribution in [2.75, 3.05) is 40.3 Å². The van der Waals surface area contributed by atoms with Gasteiger partial charge in [-0.05, 0) is 56.6 Å². The minimum Gasteiger partial charge on any atom is -0.355 e. The number of aromatic nitrogens is 1. The standard InChI is InChI=1S/C22H31FN4O2/c1-22(2,14-26(3)4)13-24-20(28)15-7-9-27(10-8-15)21(29)19-12-16-11-17(23)5-6-18(16)25-19/h5-6,11-12,15,25H,7-10,13-14H2,1-4H3,(H,24,28). The van der Waals surface area contributed by atoms with Crippen LogP contribution in [-0.2, 0) is 4.79 Å². The molecule has 3 rings (SSSR count). The number of fused-ring (bicyclic) bond motifs is 1. The molecule has 158 valence electrons. The molecule has 6 nitrogen and oxygen atoms in total. The van der Waals surface area contributed by atoms with Crippen LogP contribution < -0.4 is 5.32 Å². The average molecular weight is 403 g/mol. The molecular formula is C22H31FN4O2. The summed E-state index contributed by atoms with van der Waals surface area (Å²) in [6.45, 7) is 6.90. The molecule has 0 radical (unpaired) electrons. The van der Waals surface area contributed by atoms with E-state index in [-0.39, 0.29) is 29.0 Å². The van der Waals surface area contributed by atoms with E-state index in [1.54, 1.807) is 17.0 Å². The fourth-order valence-corrected chi connectivity index (χ4v) is 4.12. The molecule has 1 aliphatic rings. The third-order valence-corrected chi connectivity index (χ3v) is 5.45. The van der Waals surface area contributed by atoms with Crippen molar-refractivity contribution in [3.8, 4) is 0 Å². The lowest BCUT2D eigenvalue weighted by Crippen LogP contribution is -2.46. The van der Waals surface area contributed by atoms with Crippen LogP contribution in [-0.4, -0.2) is 66.9 Å². The maximum Gasteiger partial charge on any atom is 0.270 e. The number of nitrogens with one attached hydrogen (secondary N) is 2. The summed E-state index contributed by atoms with van der Waals surface area (Å²) < 4.78 is 13.4. The Morgan fingerprint density at radius 2 is 1.93 bits per heavy atom. The first-order valence-corrected chi connectivity index (χ1v) is 10.1. The third-order valence-electron chi connectivity index (χ3n) is 5.45. The minimum absolute atomic E-state index is 0.00489. The molecule has 7 heteroatoms. The maximum atomic E-state index is 13.4. The van der Waals surface area contributed by atoms with Gasteiger partial charge in [0.2, 0.25) is 5.91 Å². The van der Waals surface area contributed by atoms with Crippen molar-refractivity contribution in [3.63, 3.8) is 0 Å². The number of likely N-dealkylation sites (tertiary alicyclic amines) is 1. The van der Waals surface area contributed by atoms with Gasteiger partial charge in [-0.15, -0.1) is 0 Å². The molecule has 2 heterocycles. The van der Waals surface area contributed by atoms with E-state index >= 15 is 0 Å². The summed E-state index contributed by atoms with van der Waals surface area (Å²) in [6.07, 6.45) is 1.31. The Morgan fingerprint density at radius 3 is 2.59 bits per heavy atom. The number of nitrogens with zero attached hydrogens (tertiary/aromatic N) is 2. The van der Waals surface area contributed by atoms with Gasteiger partial charge in [-0.2, -0.15) is 0 Å². The zero-order valence-corrected chi connectivity index (χ0v) is 17.7. The number of carbonyl (C=O) groups excluding carboxylic acids is 2. The van der Waals surface area contributed by atoms with Gasteiger partial charge in [0.25, 0.3) is 5.91 Å². The van der Waals surface area contributed by atoms with Crippen LogP contribution in [0.1, 0.15) is 37.2 Å². The van der Waals surface area contributed by atoms with Gasteiger partial charge in [0.05, 0.1) is 0 Å². The zero-order valence-electron chi connectivity index (χ0n) is 17.7. The highest BCUT2D eigenvalue weighted by Crippen LogP contribution is 2.22. The van der Waals surface area contributed by atoms with Crippen LogP contribution in [0.3, 0.4) is 0 Å². The van der Waals surface area contributed by atoms with Crippen LogP contribution in [0.25, 0.3) is 10.9 Å². The van der Waals surface area contributed by atoms with Gasteiger partial charge in [0, 0.05) is 43.0 Å². The Morgan fingerprint density at radius 1 is 1.24 bits per heavy atom. The predicted molar refractivity (Wildman–Crippen MR) is 112 cm³/mol. The molecule has 1 fully saturated rings. The first-order valence-electron chi connectivity index (χ1n) is 10.1. The molecule has 0 aliphatic carbocycles. The summed E-state index contributed by atoms with van der Waals surface area (Å²) >= 11 is 0. The first kappa shape index (κ1) is 21.3. The highest BCUT2D eigenvalue weighted by atomic mass is 19.1. The summed E-state index contributed by atoms with van der Waals surface area (Å²) in [5, 5.41) is 3.77. The monoisotopic (exact) mass is 402 g/mol. The van der Waals surface area contributed by atoms with Crippen molar-refractivity contribution in [1.82, 2.24) is 20.1 Å². The van der Waals surface area contributed by atoms with Crippen LogP contribution in [0.5, 0.6) is 0 Å². The molecule has 29 heavy (non-hydrogen) atoms. The van der Waals surface area contributed by atoms with Gasteiger partial charge in [0.1, 0.15) is 11.5 Å². The number of aromatic amines is 1. The number of halogens is 1. The molecule has 1 aromatic carbocycles. The normalized spacial score (nSPS) is 15.9. The van der Waals surface area contributed by atoms with Gasteiger partial charge >= 0.3 is 0 Å². The molecule has 0 atom stereocenters. The Kier molecular flexibility index (Phi) is 6.27.